The molecule has 1 heterocycles. The Morgan fingerprint density at radius 1 is 1.56 bits per heavy atom. The first-order valence-electron chi connectivity index (χ1n) is 4.09. The van der Waals surface area contributed by atoms with Crippen LogP contribution in [0, 0.1) is 11.8 Å². The van der Waals surface area contributed by atoms with Crippen LogP contribution in [0.15, 0.2) is 0 Å². The number of hydrogen-bond acceptors (Lipinski definition) is 1. The minimum absolute atomic E-state index is 0.804. The summed E-state index contributed by atoms with van der Waals surface area (Å²) in [5, 5.41) is 3.59. The third kappa shape index (κ3) is 0.710. The molecule has 1 aliphatic carbocycles. The van der Waals surface area contributed by atoms with Crippen LogP contribution in [0.3, 0.4) is 0 Å². The molecule has 2 fully saturated rings. The van der Waals surface area contributed by atoms with Crippen LogP contribution in [0.4, 0.5) is 0 Å². The van der Waals surface area contributed by atoms with Gasteiger partial charge in [-0.15, -0.1) is 0 Å². The van der Waals surface area contributed by atoms with E-state index in [4.69, 9.17) is 0 Å². The smallest absolute Gasteiger partial charge is 0.0105 e. The predicted octanol–water partition coefficient (Wildman–Crippen LogP) is 1.39. The van der Waals surface area contributed by atoms with E-state index in [1.165, 1.54) is 12.8 Å². The molecular weight excluding hydrogens is 110 g/mol. The van der Waals surface area contributed by atoms with Crippen molar-refractivity contribution in [3.05, 3.63) is 0 Å². The van der Waals surface area contributed by atoms with E-state index < -0.39 is 0 Å². The molecular formula is C8H15N. The molecule has 2 unspecified atom stereocenters. The van der Waals surface area contributed by atoms with Crippen molar-refractivity contribution in [3.8, 4) is 0 Å². The zero-order chi connectivity index (χ0) is 6.43. The topological polar surface area (TPSA) is 12.0 Å². The van der Waals surface area contributed by atoms with Crippen molar-refractivity contribution in [2.24, 2.45) is 11.8 Å². The molecule has 2 rings (SSSR count). The Balaban J connectivity index is 2.02. The molecule has 0 spiro atoms. The van der Waals surface area contributed by atoms with Gasteiger partial charge in [0, 0.05) is 12.1 Å². The summed E-state index contributed by atoms with van der Waals surface area (Å²) in [6, 6.07) is 1.73. The SMILES string of the molecule is CC[C@H]1C(C)NC2C[C@H]21. The highest BCUT2D eigenvalue weighted by molar-refractivity contribution is 5.06. The van der Waals surface area contributed by atoms with Crippen LogP contribution in [-0.2, 0) is 0 Å². The van der Waals surface area contributed by atoms with Gasteiger partial charge in [-0.25, -0.2) is 0 Å². The second-order valence-electron chi connectivity index (χ2n) is 3.53. The van der Waals surface area contributed by atoms with Crippen molar-refractivity contribution in [3.63, 3.8) is 0 Å². The summed E-state index contributed by atoms with van der Waals surface area (Å²) in [5.74, 6) is 2.06. The summed E-state index contributed by atoms with van der Waals surface area (Å²) in [4.78, 5) is 0. The summed E-state index contributed by atoms with van der Waals surface area (Å²) in [5.41, 5.74) is 0. The molecule has 0 amide bonds. The summed E-state index contributed by atoms with van der Waals surface area (Å²) >= 11 is 0. The van der Waals surface area contributed by atoms with Gasteiger partial charge in [-0.3, -0.25) is 0 Å². The van der Waals surface area contributed by atoms with Crippen molar-refractivity contribution in [2.75, 3.05) is 0 Å². The van der Waals surface area contributed by atoms with Crippen molar-refractivity contribution in [1.82, 2.24) is 5.32 Å². The van der Waals surface area contributed by atoms with E-state index in [1.807, 2.05) is 0 Å². The third-order valence-corrected chi connectivity index (χ3v) is 2.98. The minimum atomic E-state index is 0.804. The Morgan fingerprint density at radius 2 is 2.33 bits per heavy atom. The summed E-state index contributed by atoms with van der Waals surface area (Å²) in [6.07, 6.45) is 2.83. The van der Waals surface area contributed by atoms with E-state index >= 15 is 0 Å². The average molecular weight is 125 g/mol. The Hall–Kier alpha value is -0.0400. The Bertz CT molecular complexity index is 120. The van der Waals surface area contributed by atoms with Crippen molar-refractivity contribution in [1.29, 1.82) is 0 Å². The zero-order valence-electron chi connectivity index (χ0n) is 6.22. The van der Waals surface area contributed by atoms with Crippen LogP contribution >= 0.6 is 0 Å². The normalized spacial score (nSPS) is 55.3. The molecule has 0 aromatic carbocycles. The van der Waals surface area contributed by atoms with Crippen molar-refractivity contribution < 1.29 is 0 Å². The Kier molecular flexibility index (Phi) is 1.10. The van der Waals surface area contributed by atoms with E-state index in [1.54, 1.807) is 0 Å². The van der Waals surface area contributed by atoms with Crippen molar-refractivity contribution in [2.45, 2.75) is 38.8 Å². The van der Waals surface area contributed by atoms with Gasteiger partial charge >= 0.3 is 0 Å². The van der Waals surface area contributed by atoms with E-state index in [0.717, 1.165) is 23.9 Å². The molecule has 1 N–H and O–H groups in total. The number of rotatable bonds is 1. The van der Waals surface area contributed by atoms with Gasteiger partial charge in [0.05, 0.1) is 0 Å². The lowest BCUT2D eigenvalue weighted by molar-refractivity contribution is 0.398. The highest BCUT2D eigenvalue weighted by atomic mass is 15.1. The lowest BCUT2D eigenvalue weighted by atomic mass is 9.96. The van der Waals surface area contributed by atoms with Gasteiger partial charge in [-0.1, -0.05) is 13.3 Å². The van der Waals surface area contributed by atoms with Gasteiger partial charge in [0.15, 0.2) is 0 Å². The van der Waals surface area contributed by atoms with E-state index in [-0.39, 0.29) is 0 Å². The second-order valence-corrected chi connectivity index (χ2v) is 3.53. The fourth-order valence-corrected chi connectivity index (χ4v) is 2.37. The standard InChI is InChI=1S/C8H15N/c1-3-6-5(2)9-8-4-7(6)8/h5-9H,3-4H2,1-2H3/t5?,6-,7-,8?/m0/s1. The lowest BCUT2D eigenvalue weighted by Gasteiger charge is -2.15. The number of fused-ring (bicyclic) bond motifs is 1. The maximum absolute atomic E-state index is 3.59. The molecule has 1 heteroatoms. The van der Waals surface area contributed by atoms with Crippen LogP contribution in [0.5, 0.6) is 0 Å². The third-order valence-electron chi connectivity index (χ3n) is 2.98. The van der Waals surface area contributed by atoms with Gasteiger partial charge in [0.2, 0.25) is 0 Å². The fourth-order valence-electron chi connectivity index (χ4n) is 2.37. The summed E-state index contributed by atoms with van der Waals surface area (Å²) in [7, 11) is 0. The molecule has 1 nitrogen and oxygen atoms in total. The van der Waals surface area contributed by atoms with Crippen LogP contribution < -0.4 is 5.32 Å². The van der Waals surface area contributed by atoms with Gasteiger partial charge < -0.3 is 5.32 Å². The van der Waals surface area contributed by atoms with Crippen LogP contribution in [-0.4, -0.2) is 12.1 Å². The molecule has 9 heavy (non-hydrogen) atoms. The maximum atomic E-state index is 3.59. The van der Waals surface area contributed by atoms with E-state index in [2.05, 4.69) is 19.2 Å². The molecule has 2 aliphatic rings. The molecule has 1 saturated carbocycles. The molecule has 1 aliphatic heterocycles. The fraction of sp³-hybridized carbons (Fsp3) is 1.00. The van der Waals surface area contributed by atoms with Gasteiger partial charge in [-0.05, 0) is 25.2 Å². The highest BCUT2D eigenvalue weighted by Gasteiger charge is 2.50. The first-order chi connectivity index (χ1) is 4.33. The molecule has 1 saturated heterocycles. The number of piperidine rings is 1. The van der Waals surface area contributed by atoms with Gasteiger partial charge in [0.25, 0.3) is 0 Å². The quantitative estimate of drug-likeness (QED) is 0.558. The lowest BCUT2D eigenvalue weighted by Crippen LogP contribution is -2.27. The highest BCUT2D eigenvalue weighted by Crippen LogP contribution is 2.46. The Labute approximate surface area is 56.8 Å². The first-order valence-corrected chi connectivity index (χ1v) is 4.09. The maximum Gasteiger partial charge on any atom is 0.0105 e. The molecule has 52 valence electrons. The largest absolute Gasteiger partial charge is 0.311 e. The molecule has 0 radical (unpaired) electrons. The molecule has 4 atom stereocenters. The van der Waals surface area contributed by atoms with E-state index in [0.29, 0.717) is 0 Å². The van der Waals surface area contributed by atoms with E-state index in [9.17, 15) is 0 Å². The summed E-state index contributed by atoms with van der Waals surface area (Å²) < 4.78 is 0. The van der Waals surface area contributed by atoms with Crippen LogP contribution in [0.1, 0.15) is 26.7 Å². The second kappa shape index (κ2) is 1.72. The van der Waals surface area contributed by atoms with Crippen LogP contribution in [0.25, 0.3) is 0 Å². The number of nitrogens with one attached hydrogen (secondary N) is 1. The Morgan fingerprint density at radius 3 is 2.67 bits per heavy atom. The predicted molar refractivity (Wildman–Crippen MR) is 38.3 cm³/mol. The number of hydrogen-bond donors (Lipinski definition) is 1. The minimum Gasteiger partial charge on any atom is -0.311 e. The monoisotopic (exact) mass is 125 g/mol. The van der Waals surface area contributed by atoms with Gasteiger partial charge in [0.1, 0.15) is 0 Å². The van der Waals surface area contributed by atoms with Crippen LogP contribution in [0.2, 0.25) is 0 Å². The summed E-state index contributed by atoms with van der Waals surface area (Å²) in [6.45, 7) is 4.63. The zero-order valence-corrected chi connectivity index (χ0v) is 6.22. The molecule has 0 aromatic rings. The molecule has 0 aromatic heterocycles. The van der Waals surface area contributed by atoms with Crippen molar-refractivity contribution >= 4 is 0 Å². The average Bonchev–Trinajstić information content (AvgIpc) is 2.45. The van der Waals surface area contributed by atoms with Gasteiger partial charge in [-0.2, -0.15) is 0 Å². The first kappa shape index (κ1) is 5.72. The molecule has 0 bridgehead atoms.